The third kappa shape index (κ3) is 9.33. The lowest BCUT2D eigenvalue weighted by Gasteiger charge is -2.24. The quantitative estimate of drug-likeness (QED) is 0.364. The normalized spacial score (nSPS) is 12.3. The smallest absolute Gasteiger partial charge is 0.333 e. The van der Waals surface area contributed by atoms with Crippen LogP contribution in [0.1, 0.15) is 53.4 Å². The molecule has 3 N–H and O–H groups in total. The third-order valence-electron chi connectivity index (χ3n) is 3.48. The summed E-state index contributed by atoms with van der Waals surface area (Å²) in [6.07, 6.45) is 0.539. The van der Waals surface area contributed by atoms with Crippen molar-refractivity contribution in [2.75, 3.05) is 13.2 Å². The zero-order valence-electron chi connectivity index (χ0n) is 17.3. The summed E-state index contributed by atoms with van der Waals surface area (Å²) in [5.41, 5.74) is -0.770. The fourth-order valence-corrected chi connectivity index (χ4v) is 2.20. The number of ether oxygens (including phenoxy) is 2. The highest BCUT2D eigenvalue weighted by molar-refractivity contribution is 5.85. The molecule has 0 aliphatic heterocycles. The number of aromatic nitrogens is 1. The molecule has 0 bridgehead atoms. The van der Waals surface area contributed by atoms with Gasteiger partial charge in [0.15, 0.2) is 0 Å². The SMILES string of the molecule is CCCOCCC(=O)NC(CCC(=O)On1c(O)ccc1O)C(=O)OC(C)(C)C. The molecule has 0 spiro atoms. The van der Waals surface area contributed by atoms with Gasteiger partial charge in [-0.15, -0.1) is 4.73 Å². The summed E-state index contributed by atoms with van der Waals surface area (Å²) in [7, 11) is 0. The number of rotatable bonds is 11. The lowest BCUT2D eigenvalue weighted by atomic mass is 10.1. The molecule has 0 saturated carbocycles. The number of nitrogens with one attached hydrogen (secondary N) is 1. The van der Waals surface area contributed by atoms with Crippen LogP contribution < -0.4 is 10.2 Å². The van der Waals surface area contributed by atoms with Gasteiger partial charge in [0.05, 0.1) is 13.0 Å². The topological polar surface area (TPSA) is 136 Å². The number of aromatic hydroxyl groups is 2. The van der Waals surface area contributed by atoms with Crippen LogP contribution in [0, 0.1) is 0 Å². The minimum Gasteiger partial charge on any atom is -0.492 e. The van der Waals surface area contributed by atoms with E-state index >= 15 is 0 Å². The first-order valence-electron chi connectivity index (χ1n) is 9.44. The molecule has 0 radical (unpaired) electrons. The standard InChI is InChI=1S/C19H30N2O8/c1-5-11-27-12-10-14(22)20-13(18(26)28-19(2,3)4)6-9-17(25)29-21-15(23)7-8-16(21)24/h7-8,13,23-24H,5-6,9-12H2,1-4H3,(H,20,22). The summed E-state index contributed by atoms with van der Waals surface area (Å²) in [6.45, 7) is 7.77. The van der Waals surface area contributed by atoms with E-state index in [1.54, 1.807) is 20.8 Å². The second-order valence-electron chi connectivity index (χ2n) is 7.36. The number of carbonyl (C=O) groups is 3. The first-order valence-corrected chi connectivity index (χ1v) is 9.44. The first kappa shape index (κ1) is 24.3. The molecule has 1 aromatic heterocycles. The summed E-state index contributed by atoms with van der Waals surface area (Å²) >= 11 is 0. The lowest BCUT2D eigenvalue weighted by Crippen LogP contribution is -2.44. The predicted molar refractivity (Wildman–Crippen MR) is 102 cm³/mol. The van der Waals surface area contributed by atoms with Gasteiger partial charge in [-0.25, -0.2) is 9.59 Å². The van der Waals surface area contributed by atoms with E-state index in [-0.39, 0.29) is 25.9 Å². The Morgan fingerprint density at radius 3 is 2.28 bits per heavy atom. The fraction of sp³-hybridized carbons (Fsp3) is 0.632. The maximum absolute atomic E-state index is 12.4. The molecule has 0 aliphatic rings. The van der Waals surface area contributed by atoms with Crippen LogP contribution in [0.2, 0.25) is 0 Å². The van der Waals surface area contributed by atoms with Crippen LogP contribution >= 0.6 is 0 Å². The second-order valence-corrected chi connectivity index (χ2v) is 7.36. The van der Waals surface area contributed by atoms with E-state index < -0.39 is 41.2 Å². The first-order chi connectivity index (χ1) is 13.5. The van der Waals surface area contributed by atoms with Crippen molar-refractivity contribution in [3.05, 3.63) is 12.1 Å². The Morgan fingerprint density at radius 1 is 1.10 bits per heavy atom. The Morgan fingerprint density at radius 2 is 1.72 bits per heavy atom. The van der Waals surface area contributed by atoms with Gasteiger partial charge in [-0.2, -0.15) is 0 Å². The van der Waals surface area contributed by atoms with Crippen LogP contribution in [0.5, 0.6) is 11.8 Å². The van der Waals surface area contributed by atoms with Crippen molar-refractivity contribution in [3.63, 3.8) is 0 Å². The molecule has 0 aliphatic carbocycles. The van der Waals surface area contributed by atoms with Crippen LogP contribution in [0.25, 0.3) is 0 Å². The van der Waals surface area contributed by atoms with Gasteiger partial charge in [-0.05, 0) is 33.6 Å². The number of hydrogen-bond acceptors (Lipinski definition) is 8. The number of amides is 1. The van der Waals surface area contributed by atoms with E-state index in [9.17, 15) is 24.6 Å². The van der Waals surface area contributed by atoms with Gasteiger partial charge in [-0.3, -0.25) is 4.79 Å². The maximum atomic E-state index is 12.4. The third-order valence-corrected chi connectivity index (χ3v) is 3.48. The van der Waals surface area contributed by atoms with Crippen LogP contribution in [-0.4, -0.2) is 57.6 Å². The van der Waals surface area contributed by atoms with Gasteiger partial charge < -0.3 is 29.8 Å². The Kier molecular flexibility index (Phi) is 9.46. The van der Waals surface area contributed by atoms with Gasteiger partial charge in [-0.1, -0.05) is 6.92 Å². The van der Waals surface area contributed by atoms with Crippen molar-refractivity contribution >= 4 is 17.8 Å². The fourth-order valence-electron chi connectivity index (χ4n) is 2.20. The van der Waals surface area contributed by atoms with Crippen molar-refractivity contribution < 1.29 is 38.9 Å². The van der Waals surface area contributed by atoms with E-state index in [0.29, 0.717) is 11.3 Å². The molecule has 0 saturated heterocycles. The Labute approximate surface area is 169 Å². The molecule has 1 amide bonds. The van der Waals surface area contributed by atoms with Crippen molar-refractivity contribution in [2.24, 2.45) is 0 Å². The van der Waals surface area contributed by atoms with E-state index in [0.717, 1.165) is 18.6 Å². The zero-order valence-corrected chi connectivity index (χ0v) is 17.3. The minimum atomic E-state index is -1.06. The molecule has 1 rings (SSSR count). The van der Waals surface area contributed by atoms with Crippen LogP contribution in [0.4, 0.5) is 0 Å². The molecule has 29 heavy (non-hydrogen) atoms. The van der Waals surface area contributed by atoms with Crippen LogP contribution in [-0.2, 0) is 23.9 Å². The van der Waals surface area contributed by atoms with E-state index in [1.807, 2.05) is 6.92 Å². The van der Waals surface area contributed by atoms with Gasteiger partial charge in [0.25, 0.3) is 0 Å². The summed E-state index contributed by atoms with van der Waals surface area (Å²) in [6, 6.07) is 1.23. The zero-order chi connectivity index (χ0) is 22.0. The molecule has 10 nitrogen and oxygen atoms in total. The van der Waals surface area contributed by atoms with Crippen molar-refractivity contribution in [3.8, 4) is 11.8 Å². The van der Waals surface area contributed by atoms with Crippen molar-refractivity contribution in [1.82, 2.24) is 10.0 Å². The Balaban J connectivity index is 2.66. The molecule has 1 atom stereocenters. The lowest BCUT2D eigenvalue weighted by molar-refractivity contribution is -0.159. The van der Waals surface area contributed by atoms with Crippen LogP contribution in [0.3, 0.4) is 0 Å². The Hall–Kier alpha value is -2.75. The maximum Gasteiger partial charge on any atom is 0.333 e. The van der Waals surface area contributed by atoms with Gasteiger partial charge in [0.2, 0.25) is 17.7 Å². The van der Waals surface area contributed by atoms with Gasteiger partial charge >= 0.3 is 11.9 Å². The summed E-state index contributed by atoms with van der Waals surface area (Å²) in [5.74, 6) is -2.83. The molecule has 1 aromatic rings. The van der Waals surface area contributed by atoms with Gasteiger partial charge in [0, 0.05) is 25.2 Å². The predicted octanol–water partition coefficient (Wildman–Crippen LogP) is 1.28. The van der Waals surface area contributed by atoms with Crippen LogP contribution in [0.15, 0.2) is 12.1 Å². The second kappa shape index (κ2) is 11.3. The molecule has 1 unspecified atom stereocenters. The molecule has 0 aromatic carbocycles. The summed E-state index contributed by atoms with van der Waals surface area (Å²) in [5, 5.41) is 21.5. The highest BCUT2D eigenvalue weighted by Crippen LogP contribution is 2.19. The van der Waals surface area contributed by atoms with E-state index in [4.69, 9.17) is 14.3 Å². The van der Waals surface area contributed by atoms with E-state index in [1.165, 1.54) is 0 Å². The summed E-state index contributed by atoms with van der Waals surface area (Å²) in [4.78, 5) is 41.3. The summed E-state index contributed by atoms with van der Waals surface area (Å²) < 4.78 is 11.1. The highest BCUT2D eigenvalue weighted by atomic mass is 16.7. The minimum absolute atomic E-state index is 0.0643. The number of carbonyl (C=O) groups excluding carboxylic acids is 3. The average molecular weight is 414 g/mol. The molecule has 1 heterocycles. The number of hydrogen-bond donors (Lipinski definition) is 3. The monoisotopic (exact) mass is 414 g/mol. The Bertz CT molecular complexity index is 673. The highest BCUT2D eigenvalue weighted by Gasteiger charge is 2.27. The number of nitrogens with zero attached hydrogens (tertiary/aromatic N) is 1. The van der Waals surface area contributed by atoms with Crippen molar-refractivity contribution in [1.29, 1.82) is 0 Å². The average Bonchev–Trinajstić information content (AvgIpc) is 2.92. The molecule has 10 heteroatoms. The van der Waals surface area contributed by atoms with Gasteiger partial charge in [0.1, 0.15) is 11.6 Å². The van der Waals surface area contributed by atoms with Crippen molar-refractivity contribution in [2.45, 2.75) is 65.0 Å². The molecular formula is C19H30N2O8. The molecule has 164 valence electrons. The molecular weight excluding hydrogens is 384 g/mol. The number of esters is 1. The largest absolute Gasteiger partial charge is 0.492 e. The molecule has 0 fully saturated rings. The van der Waals surface area contributed by atoms with E-state index in [2.05, 4.69) is 5.32 Å².